The minimum absolute atomic E-state index is 0.332. The van der Waals surface area contributed by atoms with E-state index in [2.05, 4.69) is 36.7 Å². The molecule has 0 amide bonds. The third-order valence-corrected chi connectivity index (χ3v) is 3.39. The van der Waals surface area contributed by atoms with E-state index in [0.29, 0.717) is 21.7 Å². The smallest absolute Gasteiger partial charge is 0.280 e. The van der Waals surface area contributed by atoms with Crippen molar-refractivity contribution in [3.63, 3.8) is 0 Å². The van der Waals surface area contributed by atoms with Crippen LogP contribution in [0.4, 0.5) is 5.69 Å². The molecule has 0 aliphatic rings. The number of aromatic nitrogens is 2. The van der Waals surface area contributed by atoms with Crippen molar-refractivity contribution in [3.05, 3.63) is 44.8 Å². The number of rotatable bonds is 5. The molecule has 2 aromatic rings. The number of nitrogens with one attached hydrogen (secondary N) is 2. The summed E-state index contributed by atoms with van der Waals surface area (Å²) in [6, 6.07) is 5.40. The van der Waals surface area contributed by atoms with Crippen LogP contribution in [0, 0.1) is 0 Å². The van der Waals surface area contributed by atoms with Crippen molar-refractivity contribution in [1.29, 1.82) is 0 Å². The van der Waals surface area contributed by atoms with Crippen LogP contribution in [0.3, 0.4) is 0 Å². The Morgan fingerprint density at radius 2 is 2.10 bits per heavy atom. The molecule has 110 valence electrons. The Balaban J connectivity index is 2.14. The first kappa shape index (κ1) is 15.0. The van der Waals surface area contributed by atoms with Crippen molar-refractivity contribution in [2.24, 2.45) is 5.10 Å². The highest BCUT2D eigenvalue weighted by atomic mass is 79.9. The molecule has 0 aliphatic heterocycles. The predicted molar refractivity (Wildman–Crippen MR) is 83.3 cm³/mol. The number of H-pyrrole nitrogens is 1. The quantitative estimate of drug-likeness (QED) is 0.634. The van der Waals surface area contributed by atoms with Crippen LogP contribution in [0.5, 0.6) is 11.5 Å². The fraction of sp³-hybridized carbons (Fsp3) is 0.154. The maximum absolute atomic E-state index is 11.3. The highest BCUT2D eigenvalue weighted by Crippen LogP contribution is 2.26. The largest absolute Gasteiger partial charge is 0.493 e. The summed E-state index contributed by atoms with van der Waals surface area (Å²) in [5, 5.41) is 10.0. The van der Waals surface area contributed by atoms with Crippen molar-refractivity contribution in [3.8, 4) is 11.5 Å². The molecule has 1 heterocycles. The van der Waals surface area contributed by atoms with Crippen LogP contribution in [0.2, 0.25) is 0 Å². The van der Waals surface area contributed by atoms with Crippen molar-refractivity contribution < 1.29 is 9.47 Å². The fourth-order valence-electron chi connectivity index (χ4n) is 1.57. The molecular formula is C13H13BrN4O3. The van der Waals surface area contributed by atoms with Gasteiger partial charge in [0.1, 0.15) is 4.47 Å². The zero-order valence-corrected chi connectivity index (χ0v) is 13.0. The van der Waals surface area contributed by atoms with Crippen LogP contribution in [0.15, 0.2) is 38.8 Å². The molecule has 2 rings (SSSR count). The average molecular weight is 353 g/mol. The first-order chi connectivity index (χ1) is 10.2. The maximum atomic E-state index is 11.3. The van der Waals surface area contributed by atoms with Gasteiger partial charge in [-0.3, -0.25) is 10.2 Å². The van der Waals surface area contributed by atoms with Crippen LogP contribution in [0.1, 0.15) is 5.56 Å². The van der Waals surface area contributed by atoms with E-state index < -0.39 is 0 Å². The lowest BCUT2D eigenvalue weighted by atomic mass is 10.2. The predicted octanol–water partition coefficient (Wildman–Crippen LogP) is 2.00. The second kappa shape index (κ2) is 6.89. The Kier molecular flexibility index (Phi) is 4.94. The third kappa shape index (κ3) is 3.60. The van der Waals surface area contributed by atoms with Gasteiger partial charge in [-0.2, -0.15) is 10.2 Å². The minimum atomic E-state index is -0.332. The number of benzene rings is 1. The number of hydrogen-bond acceptors (Lipinski definition) is 6. The van der Waals surface area contributed by atoms with E-state index in [0.717, 1.165) is 5.56 Å². The Bertz CT molecular complexity index is 715. The number of anilines is 1. The molecule has 0 aliphatic carbocycles. The molecule has 0 atom stereocenters. The molecule has 0 saturated heterocycles. The van der Waals surface area contributed by atoms with E-state index >= 15 is 0 Å². The maximum Gasteiger partial charge on any atom is 0.280 e. The number of halogens is 1. The first-order valence-electron chi connectivity index (χ1n) is 5.90. The highest BCUT2D eigenvalue weighted by molar-refractivity contribution is 9.10. The van der Waals surface area contributed by atoms with E-state index in [1.807, 2.05) is 6.07 Å². The monoisotopic (exact) mass is 352 g/mol. The van der Waals surface area contributed by atoms with Gasteiger partial charge in [-0.25, -0.2) is 5.10 Å². The lowest BCUT2D eigenvalue weighted by molar-refractivity contribution is 0.355. The van der Waals surface area contributed by atoms with Gasteiger partial charge in [0.2, 0.25) is 0 Å². The summed E-state index contributed by atoms with van der Waals surface area (Å²) in [6.45, 7) is 0. The summed E-state index contributed by atoms with van der Waals surface area (Å²) in [4.78, 5) is 11.3. The van der Waals surface area contributed by atoms with Crippen molar-refractivity contribution in [1.82, 2.24) is 10.2 Å². The molecule has 0 saturated carbocycles. The van der Waals surface area contributed by atoms with Crippen LogP contribution in [0.25, 0.3) is 0 Å². The van der Waals surface area contributed by atoms with Gasteiger partial charge in [0.15, 0.2) is 11.5 Å². The molecule has 2 N–H and O–H groups in total. The Morgan fingerprint density at radius 3 is 2.81 bits per heavy atom. The summed E-state index contributed by atoms with van der Waals surface area (Å²) in [7, 11) is 3.14. The first-order valence-corrected chi connectivity index (χ1v) is 6.69. The van der Waals surface area contributed by atoms with E-state index in [1.165, 1.54) is 6.20 Å². The van der Waals surface area contributed by atoms with Gasteiger partial charge < -0.3 is 9.47 Å². The van der Waals surface area contributed by atoms with Crippen molar-refractivity contribution in [2.45, 2.75) is 0 Å². The van der Waals surface area contributed by atoms with E-state index in [9.17, 15) is 4.79 Å². The minimum Gasteiger partial charge on any atom is -0.493 e. The van der Waals surface area contributed by atoms with Gasteiger partial charge in [-0.15, -0.1) is 0 Å². The topological polar surface area (TPSA) is 88.6 Å². The van der Waals surface area contributed by atoms with Gasteiger partial charge in [-0.1, -0.05) is 0 Å². The summed E-state index contributed by atoms with van der Waals surface area (Å²) >= 11 is 3.15. The van der Waals surface area contributed by atoms with E-state index in [4.69, 9.17) is 9.47 Å². The molecule has 0 bridgehead atoms. The second-order valence-electron chi connectivity index (χ2n) is 3.91. The summed E-state index contributed by atoms with van der Waals surface area (Å²) in [6.07, 6.45) is 3.05. The lowest BCUT2D eigenvalue weighted by Gasteiger charge is -2.07. The van der Waals surface area contributed by atoms with E-state index in [1.54, 1.807) is 32.6 Å². The number of ether oxygens (including phenoxy) is 2. The molecule has 7 nitrogen and oxygen atoms in total. The molecule has 1 aromatic heterocycles. The lowest BCUT2D eigenvalue weighted by Crippen LogP contribution is -2.10. The van der Waals surface area contributed by atoms with Crippen molar-refractivity contribution in [2.75, 3.05) is 19.6 Å². The summed E-state index contributed by atoms with van der Waals surface area (Å²) < 4.78 is 10.7. The molecular weight excluding hydrogens is 340 g/mol. The molecule has 0 spiro atoms. The van der Waals surface area contributed by atoms with Gasteiger partial charge >= 0.3 is 0 Å². The number of nitrogens with zero attached hydrogens (tertiary/aromatic N) is 2. The molecule has 1 aromatic carbocycles. The summed E-state index contributed by atoms with van der Waals surface area (Å²) in [5.41, 5.74) is 3.69. The van der Waals surface area contributed by atoms with Crippen molar-refractivity contribution >= 4 is 27.8 Å². The second-order valence-corrected chi connectivity index (χ2v) is 4.70. The van der Waals surface area contributed by atoms with Crippen LogP contribution in [-0.2, 0) is 0 Å². The Labute approximate surface area is 129 Å². The van der Waals surface area contributed by atoms with Gasteiger partial charge in [-0.05, 0) is 39.7 Å². The molecule has 0 radical (unpaired) electrons. The molecule has 8 heteroatoms. The molecule has 21 heavy (non-hydrogen) atoms. The van der Waals surface area contributed by atoms with Gasteiger partial charge in [0.25, 0.3) is 5.56 Å². The Hall–Kier alpha value is -2.35. The fourth-order valence-corrected chi connectivity index (χ4v) is 1.85. The zero-order valence-electron chi connectivity index (χ0n) is 11.4. The summed E-state index contributed by atoms with van der Waals surface area (Å²) in [5.74, 6) is 1.25. The molecule has 0 unspecified atom stereocenters. The van der Waals surface area contributed by atoms with Gasteiger partial charge in [0.05, 0.1) is 32.3 Å². The standard InChI is InChI=1S/C13H13BrN4O3/c1-20-10-4-3-8(5-11(10)21-2)6-15-17-9-7-16-18-13(19)12(9)14/h3-7H,1-2H3,(H2,17,18,19)/b15-6+. The van der Waals surface area contributed by atoms with E-state index in [-0.39, 0.29) is 5.56 Å². The number of hydrogen-bond donors (Lipinski definition) is 2. The van der Waals surface area contributed by atoms with Crippen LogP contribution in [-0.4, -0.2) is 30.6 Å². The SMILES string of the molecule is COc1ccc(/C=N/Nc2cn[nH]c(=O)c2Br)cc1OC. The van der Waals surface area contributed by atoms with Gasteiger partial charge in [0, 0.05) is 0 Å². The zero-order chi connectivity index (χ0) is 15.2. The molecule has 0 fully saturated rings. The number of hydrazone groups is 1. The Morgan fingerprint density at radius 1 is 1.33 bits per heavy atom. The number of aromatic amines is 1. The normalized spacial score (nSPS) is 10.6. The van der Waals surface area contributed by atoms with Crippen LogP contribution < -0.4 is 20.5 Å². The van der Waals surface area contributed by atoms with Crippen LogP contribution >= 0.6 is 15.9 Å². The third-order valence-electron chi connectivity index (χ3n) is 2.60. The number of methoxy groups -OCH3 is 2. The highest BCUT2D eigenvalue weighted by Gasteiger charge is 2.04. The average Bonchev–Trinajstić information content (AvgIpc) is 2.51.